The number of ketones is 1. The summed E-state index contributed by atoms with van der Waals surface area (Å²) in [6.45, 7) is 0. The molecule has 0 amide bonds. The molecule has 0 heterocycles. The lowest BCUT2D eigenvalue weighted by Gasteiger charge is -2.06. The zero-order valence-electron chi connectivity index (χ0n) is 12.7. The van der Waals surface area contributed by atoms with E-state index >= 15 is 0 Å². The smallest absolute Gasteiger partial charge is 0.395 e. The lowest BCUT2D eigenvalue weighted by Crippen LogP contribution is -2.13. The zero-order chi connectivity index (χ0) is 16.8. The molecular weight excluding hydrogens is 304 g/mol. The predicted octanol–water partition coefficient (Wildman–Crippen LogP) is 4.50. The molecule has 0 saturated heterocycles. The van der Waals surface area contributed by atoms with Gasteiger partial charge in [0.05, 0.1) is 0 Å². The van der Waals surface area contributed by atoms with Crippen molar-refractivity contribution in [1.29, 1.82) is 0 Å². The van der Waals surface area contributed by atoms with Crippen LogP contribution in [0.5, 0.6) is 11.5 Å². The number of para-hydroxylation sites is 1. The second-order valence-corrected chi connectivity index (χ2v) is 4.99. The molecule has 0 spiro atoms. The number of rotatable bonds is 4. The van der Waals surface area contributed by atoms with Crippen molar-refractivity contribution >= 4 is 11.9 Å². The van der Waals surface area contributed by atoms with Crippen molar-refractivity contribution < 1.29 is 19.1 Å². The highest BCUT2D eigenvalue weighted by Crippen LogP contribution is 2.17. The molecule has 0 atom stereocenters. The van der Waals surface area contributed by atoms with Gasteiger partial charge >= 0.3 is 6.16 Å². The summed E-state index contributed by atoms with van der Waals surface area (Å²) in [5, 5.41) is 0. The van der Waals surface area contributed by atoms with Crippen LogP contribution in [0.25, 0.3) is 0 Å². The first kappa shape index (κ1) is 15.5. The molecule has 4 nitrogen and oxygen atoms in total. The SMILES string of the molecule is O=C(Oc1ccccc1)Oc1ccc(C(=O)c2ccccc2)cc1. The van der Waals surface area contributed by atoms with E-state index in [2.05, 4.69) is 0 Å². The normalized spacial score (nSPS) is 10.0. The van der Waals surface area contributed by atoms with Crippen LogP contribution in [0.15, 0.2) is 84.9 Å². The van der Waals surface area contributed by atoms with E-state index in [0.717, 1.165) is 0 Å². The van der Waals surface area contributed by atoms with Gasteiger partial charge < -0.3 is 9.47 Å². The van der Waals surface area contributed by atoms with E-state index in [1.807, 2.05) is 24.3 Å². The van der Waals surface area contributed by atoms with Crippen LogP contribution in [0, 0.1) is 0 Å². The molecule has 3 aromatic carbocycles. The van der Waals surface area contributed by atoms with Crippen molar-refractivity contribution in [3.05, 3.63) is 96.1 Å². The molecule has 0 aliphatic rings. The van der Waals surface area contributed by atoms with Gasteiger partial charge in [-0.1, -0.05) is 48.5 Å². The maximum absolute atomic E-state index is 12.3. The predicted molar refractivity (Wildman–Crippen MR) is 89.4 cm³/mol. The Morgan fingerprint density at radius 2 is 1.00 bits per heavy atom. The summed E-state index contributed by atoms with van der Waals surface area (Å²) in [6.07, 6.45) is -0.830. The van der Waals surface area contributed by atoms with Gasteiger partial charge in [0.2, 0.25) is 0 Å². The quantitative estimate of drug-likeness (QED) is 0.404. The molecule has 0 saturated carbocycles. The summed E-state index contributed by atoms with van der Waals surface area (Å²) in [5.74, 6) is 0.618. The summed E-state index contributed by atoms with van der Waals surface area (Å²) >= 11 is 0. The highest BCUT2D eigenvalue weighted by Gasteiger charge is 2.11. The molecular formula is C20H14O4. The summed E-state index contributed by atoms with van der Waals surface area (Å²) in [7, 11) is 0. The molecule has 0 aliphatic carbocycles. The number of ether oxygens (including phenoxy) is 2. The zero-order valence-corrected chi connectivity index (χ0v) is 12.7. The van der Waals surface area contributed by atoms with Crippen LogP contribution < -0.4 is 9.47 Å². The summed E-state index contributed by atoms with van der Waals surface area (Å²) in [6, 6.07) is 24.0. The highest BCUT2D eigenvalue weighted by molar-refractivity contribution is 6.09. The van der Waals surface area contributed by atoms with Gasteiger partial charge in [-0.3, -0.25) is 4.79 Å². The van der Waals surface area contributed by atoms with Crippen molar-refractivity contribution in [2.24, 2.45) is 0 Å². The molecule has 0 aliphatic heterocycles. The Morgan fingerprint density at radius 3 is 1.58 bits per heavy atom. The lowest BCUT2D eigenvalue weighted by atomic mass is 10.0. The third-order valence-corrected chi connectivity index (χ3v) is 3.30. The van der Waals surface area contributed by atoms with Crippen LogP contribution in [0.1, 0.15) is 15.9 Å². The monoisotopic (exact) mass is 318 g/mol. The molecule has 4 heteroatoms. The van der Waals surface area contributed by atoms with E-state index < -0.39 is 6.16 Å². The second kappa shape index (κ2) is 7.24. The van der Waals surface area contributed by atoms with Crippen LogP contribution in [0.2, 0.25) is 0 Å². The first-order valence-corrected chi connectivity index (χ1v) is 7.37. The third kappa shape index (κ3) is 3.87. The van der Waals surface area contributed by atoms with Crippen molar-refractivity contribution in [1.82, 2.24) is 0 Å². The molecule has 118 valence electrons. The minimum absolute atomic E-state index is 0.0889. The Balaban J connectivity index is 1.64. The first-order valence-electron chi connectivity index (χ1n) is 7.37. The molecule has 0 radical (unpaired) electrons. The fourth-order valence-electron chi connectivity index (χ4n) is 2.13. The van der Waals surface area contributed by atoms with Crippen molar-refractivity contribution in [3.8, 4) is 11.5 Å². The van der Waals surface area contributed by atoms with Gasteiger partial charge in [-0.25, -0.2) is 4.79 Å². The first-order chi connectivity index (χ1) is 11.7. The fraction of sp³-hybridized carbons (Fsp3) is 0. The number of carbonyl (C=O) groups excluding carboxylic acids is 2. The Labute approximate surface area is 139 Å². The molecule has 0 unspecified atom stereocenters. The van der Waals surface area contributed by atoms with Crippen LogP contribution in [-0.2, 0) is 0 Å². The minimum Gasteiger partial charge on any atom is -0.395 e. The van der Waals surface area contributed by atoms with E-state index in [1.54, 1.807) is 60.7 Å². The van der Waals surface area contributed by atoms with Gasteiger partial charge in [-0.15, -0.1) is 0 Å². The Morgan fingerprint density at radius 1 is 0.542 bits per heavy atom. The van der Waals surface area contributed by atoms with Crippen molar-refractivity contribution in [2.45, 2.75) is 0 Å². The van der Waals surface area contributed by atoms with E-state index in [9.17, 15) is 9.59 Å². The van der Waals surface area contributed by atoms with Gasteiger partial charge in [0.15, 0.2) is 5.78 Å². The van der Waals surface area contributed by atoms with Crippen LogP contribution in [-0.4, -0.2) is 11.9 Å². The molecule has 24 heavy (non-hydrogen) atoms. The molecule has 0 fully saturated rings. The second-order valence-electron chi connectivity index (χ2n) is 4.99. The number of benzene rings is 3. The average Bonchev–Trinajstić information content (AvgIpc) is 2.63. The third-order valence-electron chi connectivity index (χ3n) is 3.30. The van der Waals surface area contributed by atoms with Gasteiger partial charge in [0.25, 0.3) is 0 Å². The topological polar surface area (TPSA) is 52.6 Å². The maximum Gasteiger partial charge on any atom is 0.519 e. The van der Waals surface area contributed by atoms with Gasteiger partial charge in [0.1, 0.15) is 11.5 Å². The van der Waals surface area contributed by atoms with Crippen LogP contribution in [0.4, 0.5) is 4.79 Å². The summed E-state index contributed by atoms with van der Waals surface area (Å²) in [5.41, 5.74) is 1.12. The van der Waals surface area contributed by atoms with E-state index in [1.165, 1.54) is 0 Å². The Kier molecular flexibility index (Phi) is 4.68. The van der Waals surface area contributed by atoms with Crippen molar-refractivity contribution in [3.63, 3.8) is 0 Å². The van der Waals surface area contributed by atoms with Gasteiger partial charge in [-0.2, -0.15) is 0 Å². The van der Waals surface area contributed by atoms with E-state index in [-0.39, 0.29) is 5.78 Å². The Hall–Kier alpha value is -3.40. The highest BCUT2D eigenvalue weighted by atomic mass is 16.7. The molecule has 3 aromatic rings. The molecule has 0 N–H and O–H groups in total. The summed E-state index contributed by atoms with van der Waals surface area (Å²) in [4.78, 5) is 24.0. The molecule has 3 rings (SSSR count). The minimum atomic E-state index is -0.830. The van der Waals surface area contributed by atoms with E-state index in [4.69, 9.17) is 9.47 Å². The van der Waals surface area contributed by atoms with Crippen LogP contribution in [0.3, 0.4) is 0 Å². The maximum atomic E-state index is 12.3. The Bertz CT molecular complexity index is 825. The largest absolute Gasteiger partial charge is 0.519 e. The van der Waals surface area contributed by atoms with Crippen LogP contribution >= 0.6 is 0 Å². The number of hydrogen-bond acceptors (Lipinski definition) is 4. The number of hydrogen-bond donors (Lipinski definition) is 0. The average molecular weight is 318 g/mol. The standard InChI is InChI=1S/C20H14O4/c21-19(15-7-3-1-4-8-15)16-11-13-18(14-12-16)24-20(22)23-17-9-5-2-6-10-17/h1-14H. The summed E-state index contributed by atoms with van der Waals surface area (Å²) < 4.78 is 10.1. The number of carbonyl (C=O) groups is 2. The lowest BCUT2D eigenvalue weighted by molar-refractivity contribution is 0.103. The van der Waals surface area contributed by atoms with E-state index in [0.29, 0.717) is 22.6 Å². The van der Waals surface area contributed by atoms with Crippen molar-refractivity contribution in [2.75, 3.05) is 0 Å². The fourth-order valence-corrected chi connectivity index (χ4v) is 2.13. The van der Waals surface area contributed by atoms with Gasteiger partial charge in [-0.05, 0) is 36.4 Å². The molecule has 0 aromatic heterocycles. The molecule has 0 bridgehead atoms. The van der Waals surface area contributed by atoms with Gasteiger partial charge in [0, 0.05) is 11.1 Å².